The van der Waals surface area contributed by atoms with Crippen LogP contribution in [-0.2, 0) is 0 Å². The van der Waals surface area contributed by atoms with E-state index in [-0.39, 0.29) is 5.41 Å². The third-order valence-electron chi connectivity index (χ3n) is 12.3. The van der Waals surface area contributed by atoms with Crippen LogP contribution in [0.25, 0.3) is 0 Å². The average Bonchev–Trinajstić information content (AvgIpc) is 3.09. The lowest BCUT2D eigenvalue weighted by Crippen LogP contribution is -2.45. The first-order valence-electron chi connectivity index (χ1n) is 19.6. The van der Waals surface area contributed by atoms with Gasteiger partial charge in [0.05, 0.1) is 0 Å². The zero-order chi connectivity index (χ0) is 33.7. The molecule has 1 aliphatic heterocycles. The molecule has 0 aromatic heterocycles. The van der Waals surface area contributed by atoms with Crippen molar-refractivity contribution in [1.82, 2.24) is 10.2 Å². The average molecular weight is 634 g/mol. The molecule has 262 valence electrons. The van der Waals surface area contributed by atoms with Crippen molar-refractivity contribution < 1.29 is 4.58 Å². The van der Waals surface area contributed by atoms with Crippen LogP contribution in [0.1, 0.15) is 133 Å². The fourth-order valence-electron chi connectivity index (χ4n) is 9.64. The highest BCUT2D eigenvalue weighted by Crippen LogP contribution is 2.51. The summed E-state index contributed by atoms with van der Waals surface area (Å²) in [5.41, 5.74) is 5.22. The number of allylic oxidation sites excluding steroid dienone is 4. The predicted molar refractivity (Wildman–Crippen MR) is 204 cm³/mol. The normalized spacial score (nSPS) is 31.2. The topological polar surface area (TPSA) is 18.3 Å². The van der Waals surface area contributed by atoms with Gasteiger partial charge in [-0.25, -0.2) is 4.58 Å². The fourth-order valence-corrected chi connectivity index (χ4v) is 9.64. The number of nitrogens with one attached hydrogen (secondary N) is 1. The number of rotatable bonds is 15. The largest absolute Gasteiger partial charge is 0.330 e. The fraction of sp³-hybridized carbons (Fsp3) is 0.767. The van der Waals surface area contributed by atoms with E-state index in [0.717, 1.165) is 50.2 Å². The molecule has 3 heteroatoms. The maximum atomic E-state index is 3.78. The molecule has 46 heavy (non-hydrogen) atoms. The van der Waals surface area contributed by atoms with Gasteiger partial charge in [0.2, 0.25) is 0 Å². The van der Waals surface area contributed by atoms with E-state index in [9.17, 15) is 0 Å². The van der Waals surface area contributed by atoms with Gasteiger partial charge < -0.3 is 16.6 Å². The molecule has 3 aliphatic rings. The Morgan fingerprint density at radius 2 is 1.89 bits per heavy atom. The van der Waals surface area contributed by atoms with Crippen molar-refractivity contribution in [2.24, 2.45) is 35.0 Å². The molecule has 0 saturated carbocycles. The molecule has 0 amide bonds. The summed E-state index contributed by atoms with van der Waals surface area (Å²) in [6, 6.07) is 1.10. The van der Waals surface area contributed by atoms with Crippen LogP contribution in [0.15, 0.2) is 47.1 Å². The first kappa shape index (κ1) is 39.0. The van der Waals surface area contributed by atoms with Gasteiger partial charge in [-0.15, -0.1) is 0 Å². The lowest BCUT2D eigenvalue weighted by Gasteiger charge is -2.48. The first-order chi connectivity index (χ1) is 22.1. The molecule has 0 aromatic rings. The zero-order valence-corrected chi connectivity index (χ0v) is 32.1. The standard InChI is InChI=1S/C43H75N3/c1-11-26-43(9,42-35(7)32-45(10)28-20-21-37(42)13-3)40-25-24-38(34(6)12-2)30-33(5)31-41(36(40)8)46(14-4)29-19-18-27-44-39-22-16-15-17-23-39/h11,15-17,22,25,28,33-34,36-39,41,44H,12-14,18-21,23-24,26-27,29-32H2,1-10H3/b40-25+,42-35?,45-28?. The highest BCUT2D eigenvalue weighted by molar-refractivity contribution is 5.52. The second-order valence-electron chi connectivity index (χ2n) is 15.8. The van der Waals surface area contributed by atoms with E-state index in [0.29, 0.717) is 23.9 Å². The molecule has 1 N–H and O–H groups in total. The minimum atomic E-state index is 0.0637. The van der Waals surface area contributed by atoms with E-state index in [1.807, 2.05) is 0 Å². The Morgan fingerprint density at radius 1 is 1.11 bits per heavy atom. The Kier molecular flexibility index (Phi) is 16.5. The van der Waals surface area contributed by atoms with Crippen LogP contribution in [0, 0.1) is 41.4 Å². The molecule has 8 atom stereocenters. The van der Waals surface area contributed by atoms with E-state index in [1.165, 1.54) is 64.3 Å². The van der Waals surface area contributed by atoms with Gasteiger partial charge in [0.1, 0.15) is 13.3 Å². The van der Waals surface area contributed by atoms with Crippen molar-refractivity contribution in [3.8, 4) is 0 Å². The van der Waals surface area contributed by atoms with Crippen molar-refractivity contribution in [2.75, 3.05) is 33.2 Å². The summed E-state index contributed by atoms with van der Waals surface area (Å²) in [6.45, 7) is 27.0. The van der Waals surface area contributed by atoms with Crippen LogP contribution in [0.5, 0.6) is 0 Å². The lowest BCUT2D eigenvalue weighted by atomic mass is 9.61. The highest BCUT2D eigenvalue weighted by atomic mass is 15.2. The smallest absolute Gasteiger partial charge is 0.163 e. The summed E-state index contributed by atoms with van der Waals surface area (Å²) in [5.74, 6) is 3.49. The molecule has 3 nitrogen and oxygen atoms in total. The summed E-state index contributed by atoms with van der Waals surface area (Å²) in [6.07, 6.45) is 30.4. The molecular formula is C43H75N3. The maximum absolute atomic E-state index is 3.78. The van der Waals surface area contributed by atoms with Crippen molar-refractivity contribution in [3.05, 3.63) is 53.5 Å². The molecule has 8 unspecified atom stereocenters. The van der Waals surface area contributed by atoms with Crippen molar-refractivity contribution in [1.29, 1.82) is 0 Å². The van der Waals surface area contributed by atoms with E-state index < -0.39 is 0 Å². The monoisotopic (exact) mass is 634 g/mol. The van der Waals surface area contributed by atoms with E-state index in [2.05, 4.69) is 127 Å². The van der Waals surface area contributed by atoms with Crippen LogP contribution < -0.4 is 5.32 Å². The number of hydrogen-bond acceptors (Lipinski definition) is 2. The molecule has 0 fully saturated rings. The zero-order valence-electron chi connectivity index (χ0n) is 32.1. The minimum Gasteiger partial charge on any atom is -0.330 e. The molecule has 3 rings (SSSR count). The summed E-state index contributed by atoms with van der Waals surface area (Å²) < 4.78 is 2.46. The molecule has 0 bridgehead atoms. The van der Waals surface area contributed by atoms with Gasteiger partial charge in [0.15, 0.2) is 6.54 Å². The quantitative estimate of drug-likeness (QED) is 0.0837. The third kappa shape index (κ3) is 10.5. The molecule has 0 aromatic carbocycles. The van der Waals surface area contributed by atoms with E-state index in [4.69, 9.17) is 0 Å². The van der Waals surface area contributed by atoms with Gasteiger partial charge in [-0.1, -0.05) is 96.4 Å². The predicted octanol–water partition coefficient (Wildman–Crippen LogP) is 10.4. The van der Waals surface area contributed by atoms with Gasteiger partial charge in [-0.3, -0.25) is 0 Å². The van der Waals surface area contributed by atoms with Crippen LogP contribution in [-0.4, -0.2) is 61.0 Å². The van der Waals surface area contributed by atoms with Crippen LogP contribution >= 0.6 is 0 Å². The van der Waals surface area contributed by atoms with Crippen molar-refractivity contribution in [3.63, 3.8) is 0 Å². The maximum Gasteiger partial charge on any atom is 0.163 e. The Hall–Kier alpha value is -1.45. The van der Waals surface area contributed by atoms with Crippen LogP contribution in [0.2, 0.25) is 0 Å². The van der Waals surface area contributed by atoms with E-state index >= 15 is 0 Å². The Balaban J connectivity index is 1.99. The second kappa shape index (κ2) is 19.5. The Morgan fingerprint density at radius 3 is 2.54 bits per heavy atom. The SMILES string of the molecule is C[CH-]CC(C)(C1=C(C)C[N+](C)=CCCC1CC)/C1=C/CC(C(C)CC)CC(C)CC(N(CC)CCCCNC2C=CC=CC2)C1C. The molecule has 0 spiro atoms. The highest BCUT2D eigenvalue weighted by Gasteiger charge is 2.41. The lowest BCUT2D eigenvalue weighted by molar-refractivity contribution is -0.485. The number of unbranched alkanes of at least 4 members (excludes halogenated alkanes) is 1. The van der Waals surface area contributed by atoms with Gasteiger partial charge in [0.25, 0.3) is 0 Å². The molecule has 0 radical (unpaired) electrons. The van der Waals surface area contributed by atoms with Gasteiger partial charge in [-0.05, 0) is 119 Å². The number of likely N-dealkylation sites (N-methyl/N-ethyl adjacent to an activating group) is 1. The van der Waals surface area contributed by atoms with Gasteiger partial charge >= 0.3 is 0 Å². The van der Waals surface area contributed by atoms with Crippen LogP contribution in [0.3, 0.4) is 0 Å². The first-order valence-corrected chi connectivity index (χ1v) is 19.6. The number of nitrogens with zero attached hydrogens (tertiary/aromatic N) is 2. The second-order valence-corrected chi connectivity index (χ2v) is 15.8. The van der Waals surface area contributed by atoms with Crippen LogP contribution in [0.4, 0.5) is 0 Å². The minimum absolute atomic E-state index is 0.0637. The molecule has 2 aliphatic carbocycles. The molecular weight excluding hydrogens is 558 g/mol. The van der Waals surface area contributed by atoms with Crippen molar-refractivity contribution in [2.45, 2.75) is 145 Å². The summed E-state index contributed by atoms with van der Waals surface area (Å²) in [4.78, 5) is 2.90. The van der Waals surface area contributed by atoms with E-state index in [1.54, 1.807) is 16.7 Å². The molecule has 0 saturated heterocycles. The summed E-state index contributed by atoms with van der Waals surface area (Å²) in [7, 11) is 2.28. The number of hydrogen-bond donors (Lipinski definition) is 1. The Labute approximate surface area is 287 Å². The molecule has 1 heterocycles. The Bertz CT molecular complexity index is 1060. The van der Waals surface area contributed by atoms with Gasteiger partial charge in [-0.2, -0.15) is 13.3 Å². The summed E-state index contributed by atoms with van der Waals surface area (Å²) in [5, 5.41) is 3.78. The van der Waals surface area contributed by atoms with Crippen molar-refractivity contribution >= 4 is 6.21 Å². The third-order valence-corrected chi connectivity index (χ3v) is 12.3. The summed E-state index contributed by atoms with van der Waals surface area (Å²) >= 11 is 0. The van der Waals surface area contributed by atoms with Gasteiger partial charge in [0, 0.05) is 18.5 Å².